The highest BCUT2D eigenvalue weighted by Gasteiger charge is 2.17. The summed E-state index contributed by atoms with van der Waals surface area (Å²) in [7, 11) is 1.66. The number of hydrogen-bond acceptors (Lipinski definition) is 4. The van der Waals surface area contributed by atoms with Crippen LogP contribution in [0.4, 0.5) is 0 Å². The number of methoxy groups -OCH3 is 1. The Labute approximate surface area is 106 Å². The Hall–Kier alpha value is -1.62. The first-order valence-corrected chi connectivity index (χ1v) is 6.46. The Morgan fingerprint density at radius 2 is 2.22 bits per heavy atom. The monoisotopic (exact) mass is 246 g/mol. The predicted molar refractivity (Wildman–Crippen MR) is 68.8 cm³/mol. The van der Waals surface area contributed by atoms with Crippen molar-refractivity contribution >= 4 is 5.65 Å². The maximum atomic E-state index is 5.30. The van der Waals surface area contributed by atoms with Gasteiger partial charge in [-0.3, -0.25) is 4.40 Å². The highest BCUT2D eigenvalue weighted by molar-refractivity contribution is 5.53. The van der Waals surface area contributed by atoms with Gasteiger partial charge in [0, 0.05) is 12.6 Å². The number of pyridine rings is 1. The summed E-state index contributed by atoms with van der Waals surface area (Å²) in [5.41, 5.74) is 0.809. The van der Waals surface area contributed by atoms with Crippen molar-refractivity contribution in [1.82, 2.24) is 19.9 Å². The maximum Gasteiger partial charge on any atom is 0.203 e. The van der Waals surface area contributed by atoms with Gasteiger partial charge in [-0.25, -0.2) is 0 Å². The van der Waals surface area contributed by atoms with Crippen LogP contribution in [0.15, 0.2) is 18.3 Å². The van der Waals surface area contributed by atoms with E-state index < -0.39 is 0 Å². The molecule has 1 aliphatic rings. The number of nitrogens with zero attached hydrogens (tertiary/aromatic N) is 3. The van der Waals surface area contributed by atoms with Crippen LogP contribution in [-0.2, 0) is 6.42 Å². The van der Waals surface area contributed by atoms with Gasteiger partial charge in [0.1, 0.15) is 5.82 Å². The third-order valence-electron chi connectivity index (χ3n) is 3.62. The van der Waals surface area contributed by atoms with E-state index in [9.17, 15) is 0 Å². The average molecular weight is 246 g/mol. The zero-order chi connectivity index (χ0) is 12.4. The molecule has 0 atom stereocenters. The summed E-state index contributed by atoms with van der Waals surface area (Å²) in [5.74, 6) is 2.53. The quantitative estimate of drug-likeness (QED) is 0.886. The normalized spacial score (nSPS) is 17.2. The first kappa shape index (κ1) is 11.5. The number of piperidine rings is 1. The van der Waals surface area contributed by atoms with Crippen LogP contribution in [0.25, 0.3) is 5.65 Å². The molecule has 3 rings (SSSR count). The van der Waals surface area contributed by atoms with Crippen molar-refractivity contribution < 1.29 is 4.74 Å². The summed E-state index contributed by atoms with van der Waals surface area (Å²) in [4.78, 5) is 0. The molecule has 0 amide bonds. The van der Waals surface area contributed by atoms with Crippen LogP contribution in [0.5, 0.6) is 5.75 Å². The average Bonchev–Trinajstić information content (AvgIpc) is 2.83. The zero-order valence-electron chi connectivity index (χ0n) is 10.6. The van der Waals surface area contributed by atoms with Gasteiger partial charge in [-0.1, -0.05) is 0 Å². The number of nitrogens with one attached hydrogen (secondary N) is 1. The second kappa shape index (κ2) is 4.94. The lowest BCUT2D eigenvalue weighted by Gasteiger charge is -2.21. The van der Waals surface area contributed by atoms with Gasteiger partial charge in [0.05, 0.1) is 7.11 Å². The van der Waals surface area contributed by atoms with Gasteiger partial charge in [0.15, 0.2) is 5.75 Å². The fourth-order valence-corrected chi connectivity index (χ4v) is 2.58. The third kappa shape index (κ3) is 2.06. The summed E-state index contributed by atoms with van der Waals surface area (Å²) in [5, 5.41) is 11.9. The molecule has 0 saturated carbocycles. The van der Waals surface area contributed by atoms with Crippen molar-refractivity contribution in [2.75, 3.05) is 20.2 Å². The fourth-order valence-electron chi connectivity index (χ4n) is 2.58. The molecule has 5 heteroatoms. The van der Waals surface area contributed by atoms with E-state index in [1.807, 2.05) is 22.7 Å². The SMILES string of the molecule is COc1cccn2c(CC3CCNCC3)nnc12. The van der Waals surface area contributed by atoms with Gasteiger partial charge in [-0.15, -0.1) is 10.2 Å². The lowest BCUT2D eigenvalue weighted by atomic mass is 9.94. The predicted octanol–water partition coefficient (Wildman–Crippen LogP) is 1.28. The van der Waals surface area contributed by atoms with Crippen LogP contribution in [0.1, 0.15) is 18.7 Å². The Bertz CT molecular complexity index is 531. The summed E-state index contributed by atoms with van der Waals surface area (Å²) < 4.78 is 7.34. The number of hydrogen-bond donors (Lipinski definition) is 1. The molecule has 1 fully saturated rings. The van der Waals surface area contributed by atoms with Crippen molar-refractivity contribution in [2.45, 2.75) is 19.3 Å². The largest absolute Gasteiger partial charge is 0.493 e. The van der Waals surface area contributed by atoms with E-state index >= 15 is 0 Å². The van der Waals surface area contributed by atoms with Crippen molar-refractivity contribution in [3.05, 3.63) is 24.2 Å². The third-order valence-corrected chi connectivity index (χ3v) is 3.62. The lowest BCUT2D eigenvalue weighted by molar-refractivity contribution is 0.366. The van der Waals surface area contributed by atoms with Crippen molar-refractivity contribution in [3.63, 3.8) is 0 Å². The van der Waals surface area contributed by atoms with E-state index in [0.717, 1.165) is 36.7 Å². The first-order valence-electron chi connectivity index (χ1n) is 6.46. The highest BCUT2D eigenvalue weighted by atomic mass is 16.5. The first-order chi connectivity index (χ1) is 8.88. The number of fused-ring (bicyclic) bond motifs is 1. The molecule has 0 radical (unpaired) electrons. The van der Waals surface area contributed by atoms with Gasteiger partial charge in [-0.05, 0) is 44.0 Å². The fraction of sp³-hybridized carbons (Fsp3) is 0.538. The molecule has 18 heavy (non-hydrogen) atoms. The molecule has 2 aromatic heterocycles. The smallest absolute Gasteiger partial charge is 0.203 e. The molecule has 0 unspecified atom stereocenters. The zero-order valence-corrected chi connectivity index (χ0v) is 10.6. The van der Waals surface area contributed by atoms with Gasteiger partial charge < -0.3 is 10.1 Å². The molecule has 0 bridgehead atoms. The van der Waals surface area contributed by atoms with Crippen LogP contribution >= 0.6 is 0 Å². The molecule has 2 aromatic rings. The van der Waals surface area contributed by atoms with Crippen LogP contribution in [0.3, 0.4) is 0 Å². The molecule has 96 valence electrons. The Morgan fingerprint density at radius 3 is 3.00 bits per heavy atom. The second-order valence-electron chi connectivity index (χ2n) is 4.78. The number of ether oxygens (including phenoxy) is 1. The van der Waals surface area contributed by atoms with Gasteiger partial charge in [-0.2, -0.15) is 0 Å². The van der Waals surface area contributed by atoms with Crippen LogP contribution in [-0.4, -0.2) is 34.8 Å². The van der Waals surface area contributed by atoms with Crippen molar-refractivity contribution in [2.24, 2.45) is 5.92 Å². The second-order valence-corrected chi connectivity index (χ2v) is 4.78. The Morgan fingerprint density at radius 1 is 1.39 bits per heavy atom. The van der Waals surface area contributed by atoms with Crippen molar-refractivity contribution in [3.8, 4) is 5.75 Å². The molecule has 0 spiro atoms. The van der Waals surface area contributed by atoms with E-state index in [1.165, 1.54) is 12.8 Å². The van der Waals surface area contributed by atoms with Crippen molar-refractivity contribution in [1.29, 1.82) is 0 Å². The molecule has 3 heterocycles. The summed E-state index contributed by atoms with van der Waals surface area (Å²) in [6.45, 7) is 2.23. The van der Waals surface area contributed by atoms with Gasteiger partial charge in [0.25, 0.3) is 0 Å². The van der Waals surface area contributed by atoms with E-state index in [2.05, 4.69) is 15.5 Å². The molecule has 1 aliphatic heterocycles. The topological polar surface area (TPSA) is 51.5 Å². The summed E-state index contributed by atoms with van der Waals surface area (Å²) in [6.07, 6.45) is 5.45. The van der Waals surface area contributed by atoms with E-state index in [1.54, 1.807) is 7.11 Å². The number of aromatic nitrogens is 3. The maximum absolute atomic E-state index is 5.30. The minimum absolute atomic E-state index is 0.713. The minimum Gasteiger partial charge on any atom is -0.493 e. The van der Waals surface area contributed by atoms with E-state index in [-0.39, 0.29) is 0 Å². The molecule has 5 nitrogen and oxygen atoms in total. The van der Waals surface area contributed by atoms with Crippen LogP contribution in [0.2, 0.25) is 0 Å². The summed E-state index contributed by atoms with van der Waals surface area (Å²) >= 11 is 0. The Kier molecular flexibility index (Phi) is 3.15. The molecular weight excluding hydrogens is 228 g/mol. The van der Waals surface area contributed by atoms with Gasteiger partial charge in [0.2, 0.25) is 5.65 Å². The molecule has 0 aromatic carbocycles. The number of rotatable bonds is 3. The van der Waals surface area contributed by atoms with Gasteiger partial charge >= 0.3 is 0 Å². The van der Waals surface area contributed by atoms with E-state index in [4.69, 9.17) is 4.74 Å². The minimum atomic E-state index is 0.713. The Balaban J connectivity index is 1.88. The molecule has 1 N–H and O–H groups in total. The highest BCUT2D eigenvalue weighted by Crippen LogP contribution is 2.21. The summed E-state index contributed by atoms with van der Waals surface area (Å²) in [6, 6.07) is 3.89. The van der Waals surface area contributed by atoms with E-state index in [0.29, 0.717) is 5.92 Å². The molecule has 1 saturated heterocycles. The van der Waals surface area contributed by atoms with Crippen LogP contribution < -0.4 is 10.1 Å². The lowest BCUT2D eigenvalue weighted by Crippen LogP contribution is -2.29. The molecule has 0 aliphatic carbocycles. The molecular formula is C13H18N4O. The standard InChI is InChI=1S/C13H18N4O/c1-18-11-3-2-8-17-12(15-16-13(11)17)9-10-4-6-14-7-5-10/h2-3,8,10,14H,4-7,9H2,1H3. The van der Waals surface area contributed by atoms with Crippen LogP contribution in [0, 0.1) is 5.92 Å².